The number of ether oxygens (including phenoxy) is 2. The first-order chi connectivity index (χ1) is 30.1. The van der Waals surface area contributed by atoms with E-state index >= 15 is 0 Å². The number of carbonyl (C=O) groups excluding carboxylic acids is 5. The number of allylic oxidation sites excluding steroid dienone is 1. The maximum atomic E-state index is 14.2. The summed E-state index contributed by atoms with van der Waals surface area (Å²) in [6, 6.07) is 9.44. The van der Waals surface area contributed by atoms with Crippen LogP contribution in [0.2, 0.25) is 0 Å². The summed E-state index contributed by atoms with van der Waals surface area (Å²) in [5.41, 5.74) is 8.51. The van der Waals surface area contributed by atoms with E-state index in [0.29, 0.717) is 68.9 Å². The zero-order valence-corrected chi connectivity index (χ0v) is 38.1. The lowest BCUT2D eigenvalue weighted by Gasteiger charge is -2.40. The normalized spacial score (nSPS) is 16.4. The number of amides is 4. The van der Waals surface area contributed by atoms with Crippen molar-refractivity contribution in [1.82, 2.24) is 30.1 Å². The number of rotatable bonds is 21. The molecule has 3 heterocycles. The fourth-order valence-corrected chi connectivity index (χ4v) is 8.58. The third-order valence-electron chi connectivity index (χ3n) is 11.9. The van der Waals surface area contributed by atoms with Crippen LogP contribution in [0.1, 0.15) is 71.2 Å². The third kappa shape index (κ3) is 11.6. The van der Waals surface area contributed by atoms with E-state index in [-0.39, 0.29) is 42.6 Å². The smallest absolute Gasteiger partial charge is 0.293 e. The Morgan fingerprint density at radius 3 is 2.46 bits per heavy atom. The summed E-state index contributed by atoms with van der Waals surface area (Å²) >= 11 is 0. The van der Waals surface area contributed by atoms with E-state index in [9.17, 15) is 29.1 Å². The third-order valence-corrected chi connectivity index (χ3v) is 11.9. The monoisotopic (exact) mass is 867 g/mol. The predicted octanol–water partition coefficient (Wildman–Crippen LogP) is 5.13. The van der Waals surface area contributed by atoms with E-state index in [1.807, 2.05) is 52.8 Å². The van der Waals surface area contributed by atoms with Gasteiger partial charge in [-0.3, -0.25) is 34.0 Å². The molecule has 3 atom stereocenters. The minimum absolute atomic E-state index is 0.00753. The molecule has 3 unspecified atom stereocenters. The standard InChI is InChI=1S/C48H65N7O8/c1-10-16-49-40(32(5)62-9)24-43-39(25-48(6,7)28-63-30-57)38-23-34(14-15-42(38)54(43)11-2)35-19-33(20-37(58)22-35)21-41(47(61)55-18-13-12-17-50-55)51-45(59)44(31(3)4)52(8)46(60)36-26-53(27-36)29-56/h10,14-16,19-20,22-24,29-32,36,41,44,50,58H,1,11-13,17-18,21,25-28H2,2-9H3,(H,51,59)/b40-24+,49-16?. The number of aromatic nitrogens is 1. The minimum Gasteiger partial charge on any atom is -0.508 e. The van der Waals surface area contributed by atoms with Crippen molar-refractivity contribution in [1.29, 1.82) is 0 Å². The number of fused-ring (bicyclic) bond motifs is 1. The quantitative estimate of drug-likeness (QED) is 0.0969. The van der Waals surface area contributed by atoms with E-state index in [2.05, 4.69) is 45.9 Å². The van der Waals surface area contributed by atoms with E-state index in [1.165, 1.54) is 9.80 Å². The van der Waals surface area contributed by atoms with Gasteiger partial charge in [0.2, 0.25) is 18.2 Å². The number of phenolic OH excluding ortho intramolecular Hbond substituents is 1. The SMILES string of the molecule is C=CC=N/C(=C/c1c(CC(C)(C)COC=O)c2cc(-c3cc(O)cc(CC(NC(=O)C(C(C)C)N(C)C(=O)C4CN(C=O)C4)C(=O)N4CCCCN4)c3)ccc2n1CC)C(C)OC. The molecular weight excluding hydrogens is 803 g/mol. The molecule has 63 heavy (non-hydrogen) atoms. The summed E-state index contributed by atoms with van der Waals surface area (Å²) in [4.78, 5) is 71.9. The van der Waals surface area contributed by atoms with Crippen molar-refractivity contribution in [2.45, 2.75) is 92.0 Å². The lowest BCUT2D eigenvalue weighted by Crippen LogP contribution is -2.61. The highest BCUT2D eigenvalue weighted by Crippen LogP contribution is 2.37. The maximum absolute atomic E-state index is 14.2. The Hall–Kier alpha value is -5.80. The van der Waals surface area contributed by atoms with Gasteiger partial charge in [0.15, 0.2) is 0 Å². The number of hydrogen-bond donors (Lipinski definition) is 3. The van der Waals surface area contributed by atoms with Crippen molar-refractivity contribution in [2.24, 2.45) is 22.2 Å². The molecule has 4 amide bonds. The molecule has 2 aromatic carbocycles. The number of hydrogen-bond acceptors (Lipinski definition) is 10. The number of hydrazine groups is 1. The Morgan fingerprint density at radius 1 is 1.10 bits per heavy atom. The van der Waals surface area contributed by atoms with Crippen LogP contribution in [-0.4, -0.2) is 126 Å². The Labute approximate surface area is 371 Å². The average Bonchev–Trinajstić information content (AvgIpc) is 3.52. The lowest BCUT2D eigenvalue weighted by atomic mass is 9.85. The highest BCUT2D eigenvalue weighted by molar-refractivity contribution is 5.94. The number of aliphatic imine (C=N–C) groups is 1. The molecule has 5 rings (SSSR count). The van der Waals surface area contributed by atoms with Crippen molar-refractivity contribution in [3.8, 4) is 16.9 Å². The molecule has 3 N–H and O–H groups in total. The van der Waals surface area contributed by atoms with E-state index in [4.69, 9.17) is 9.47 Å². The summed E-state index contributed by atoms with van der Waals surface area (Å²) in [6.07, 6.45) is 8.00. The van der Waals surface area contributed by atoms with Crippen molar-refractivity contribution in [3.05, 3.63) is 71.6 Å². The number of carbonyl (C=O) groups is 5. The molecule has 15 heteroatoms. The van der Waals surface area contributed by atoms with Gasteiger partial charge in [0.25, 0.3) is 12.4 Å². The molecule has 0 bridgehead atoms. The number of aryl methyl sites for hydroxylation is 1. The number of nitrogens with zero attached hydrogens (tertiary/aromatic N) is 5. The van der Waals surface area contributed by atoms with Crippen LogP contribution in [0.4, 0.5) is 0 Å². The highest BCUT2D eigenvalue weighted by Gasteiger charge is 2.40. The van der Waals surface area contributed by atoms with Crippen molar-refractivity contribution < 1.29 is 38.6 Å². The summed E-state index contributed by atoms with van der Waals surface area (Å²) in [5, 5.41) is 16.7. The Balaban J connectivity index is 1.56. The van der Waals surface area contributed by atoms with Crippen LogP contribution in [0.15, 0.2) is 59.7 Å². The van der Waals surface area contributed by atoms with Gasteiger partial charge in [0.1, 0.15) is 17.8 Å². The molecule has 1 aromatic heterocycles. The average molecular weight is 868 g/mol. The summed E-state index contributed by atoms with van der Waals surface area (Å²) in [6.45, 7) is 18.6. The van der Waals surface area contributed by atoms with E-state index in [1.54, 1.807) is 43.6 Å². The van der Waals surface area contributed by atoms with Crippen LogP contribution < -0.4 is 10.7 Å². The van der Waals surface area contributed by atoms with Crippen LogP contribution in [0.25, 0.3) is 28.1 Å². The van der Waals surface area contributed by atoms with Gasteiger partial charge >= 0.3 is 0 Å². The molecule has 15 nitrogen and oxygen atoms in total. The van der Waals surface area contributed by atoms with Crippen LogP contribution in [0.3, 0.4) is 0 Å². The van der Waals surface area contributed by atoms with E-state index in [0.717, 1.165) is 40.6 Å². The number of benzene rings is 2. The van der Waals surface area contributed by atoms with Gasteiger partial charge in [0.05, 0.1) is 24.3 Å². The second kappa shape index (κ2) is 21.5. The second-order valence-corrected chi connectivity index (χ2v) is 17.7. The largest absolute Gasteiger partial charge is 0.508 e. The first-order valence-electron chi connectivity index (χ1n) is 21.8. The lowest BCUT2D eigenvalue weighted by molar-refractivity contribution is -0.150. The zero-order valence-electron chi connectivity index (χ0n) is 38.1. The first-order valence-corrected chi connectivity index (χ1v) is 21.8. The number of aromatic hydroxyl groups is 1. The molecule has 2 saturated heterocycles. The van der Waals surface area contributed by atoms with Gasteiger partial charge in [-0.05, 0) is 91.6 Å². The Morgan fingerprint density at radius 2 is 1.84 bits per heavy atom. The zero-order chi connectivity index (χ0) is 46.0. The van der Waals surface area contributed by atoms with Gasteiger partial charge in [0, 0.05) is 81.5 Å². The first kappa shape index (κ1) is 48.2. The summed E-state index contributed by atoms with van der Waals surface area (Å²) in [7, 11) is 3.22. The number of likely N-dealkylation sites (N-methyl/N-ethyl adjacent to an activating group) is 1. The van der Waals surface area contributed by atoms with Crippen molar-refractivity contribution >= 4 is 53.8 Å². The van der Waals surface area contributed by atoms with Gasteiger partial charge < -0.3 is 34.3 Å². The van der Waals surface area contributed by atoms with Crippen molar-refractivity contribution in [2.75, 3.05) is 46.9 Å². The minimum atomic E-state index is -1.03. The number of phenols is 1. The fourth-order valence-electron chi connectivity index (χ4n) is 8.58. The molecule has 2 fully saturated rings. The number of methoxy groups -OCH3 is 1. The van der Waals surface area contributed by atoms with Crippen LogP contribution in [-0.2, 0) is 52.8 Å². The maximum Gasteiger partial charge on any atom is 0.293 e. The van der Waals surface area contributed by atoms with Gasteiger partial charge in [-0.25, -0.2) is 5.43 Å². The number of nitrogens with one attached hydrogen (secondary N) is 2. The van der Waals surface area contributed by atoms with Gasteiger partial charge in [-0.2, -0.15) is 0 Å². The molecule has 3 aromatic rings. The highest BCUT2D eigenvalue weighted by atomic mass is 16.5. The molecule has 2 aliphatic heterocycles. The Kier molecular flexibility index (Phi) is 16.5. The second-order valence-electron chi connectivity index (χ2n) is 17.7. The van der Waals surface area contributed by atoms with E-state index < -0.39 is 29.3 Å². The molecule has 0 spiro atoms. The molecule has 0 aliphatic carbocycles. The summed E-state index contributed by atoms with van der Waals surface area (Å²) < 4.78 is 13.2. The molecule has 340 valence electrons. The number of likely N-dealkylation sites (tertiary alicyclic amines) is 1. The predicted molar refractivity (Wildman–Crippen MR) is 244 cm³/mol. The van der Waals surface area contributed by atoms with Crippen LogP contribution in [0, 0.1) is 17.3 Å². The van der Waals surface area contributed by atoms with Gasteiger partial charge in [-0.15, -0.1) is 0 Å². The fraction of sp³-hybridized carbons (Fsp3) is 0.500. The molecular formula is C48H65N7O8. The summed E-state index contributed by atoms with van der Waals surface area (Å²) in [5.74, 6) is -1.71. The molecule has 2 aliphatic rings. The van der Waals surface area contributed by atoms with Gasteiger partial charge in [-0.1, -0.05) is 52.5 Å². The van der Waals surface area contributed by atoms with Crippen LogP contribution >= 0.6 is 0 Å². The topological polar surface area (TPSA) is 175 Å². The van der Waals surface area contributed by atoms with Crippen LogP contribution in [0.5, 0.6) is 5.75 Å². The van der Waals surface area contributed by atoms with Crippen molar-refractivity contribution in [3.63, 3.8) is 0 Å². The Bertz CT molecular complexity index is 2200. The molecule has 0 saturated carbocycles. The molecule has 0 radical (unpaired) electrons.